The van der Waals surface area contributed by atoms with Crippen LogP contribution >= 0.6 is 11.9 Å². The van der Waals surface area contributed by atoms with Crippen LogP contribution in [0.4, 0.5) is 17.2 Å². The second kappa shape index (κ2) is 9.15. The fourth-order valence-corrected chi connectivity index (χ4v) is 7.45. The molecule has 3 saturated heterocycles. The van der Waals surface area contributed by atoms with Crippen molar-refractivity contribution in [2.45, 2.75) is 43.8 Å². The van der Waals surface area contributed by atoms with Gasteiger partial charge < -0.3 is 23.8 Å². The Morgan fingerprint density at radius 1 is 0.949 bits per heavy atom. The van der Waals surface area contributed by atoms with Gasteiger partial charge in [-0.25, -0.2) is 4.98 Å². The normalized spacial score (nSPS) is 26.0. The second-order valence-electron chi connectivity index (χ2n) is 11.9. The molecule has 202 valence electrons. The Kier molecular flexibility index (Phi) is 5.54. The molecule has 10 heteroatoms. The van der Waals surface area contributed by atoms with E-state index in [1.165, 1.54) is 12.8 Å². The largest absolute Gasteiger partial charge is 0.416 e. The highest BCUT2D eigenvalue weighted by atomic mass is 32.2. The maximum atomic E-state index is 13.5. The minimum atomic E-state index is 0.0295. The van der Waals surface area contributed by atoms with Crippen molar-refractivity contribution in [2.24, 2.45) is 11.3 Å². The summed E-state index contributed by atoms with van der Waals surface area (Å²) in [4.78, 5) is 25.0. The fourth-order valence-electron chi connectivity index (χ4n) is 6.65. The van der Waals surface area contributed by atoms with Crippen LogP contribution in [0.3, 0.4) is 0 Å². The standard InChI is InChI=1S/C29H33N7O2S/c37-28-20-2-1-11-35(16-20)25-14-19(7-10-30-25)26-31-32-27(38-26)23-6-3-21(33-39-22-4-5-22)15-24(23)34-12-8-29(9-13-34)17-36(28)18-29/h3,6-7,10,14-15,20,22,33H,1-2,4-5,8-9,11-13,16-18H2. The van der Waals surface area contributed by atoms with E-state index in [4.69, 9.17) is 4.42 Å². The van der Waals surface area contributed by atoms with E-state index in [1.54, 1.807) is 6.20 Å². The summed E-state index contributed by atoms with van der Waals surface area (Å²) in [5, 5.41) is 9.67. The van der Waals surface area contributed by atoms with Crippen LogP contribution in [0.5, 0.6) is 0 Å². The van der Waals surface area contributed by atoms with Crippen LogP contribution in [0.2, 0.25) is 0 Å². The molecule has 1 amide bonds. The molecule has 8 heterocycles. The maximum Gasteiger partial charge on any atom is 0.250 e. The number of carbonyl (C=O) groups is 1. The third-order valence-electron chi connectivity index (χ3n) is 9.14. The van der Waals surface area contributed by atoms with Crippen LogP contribution in [-0.4, -0.2) is 70.5 Å². The molecule has 1 aromatic carbocycles. The molecule has 1 atom stereocenters. The van der Waals surface area contributed by atoms with Crippen molar-refractivity contribution in [2.75, 3.05) is 53.8 Å². The van der Waals surface area contributed by atoms with Crippen molar-refractivity contribution in [3.63, 3.8) is 0 Å². The quantitative estimate of drug-likeness (QED) is 0.473. The van der Waals surface area contributed by atoms with Crippen molar-refractivity contribution >= 4 is 35.0 Å². The van der Waals surface area contributed by atoms with Crippen molar-refractivity contribution in [3.8, 4) is 22.9 Å². The van der Waals surface area contributed by atoms with Crippen molar-refractivity contribution in [3.05, 3.63) is 36.5 Å². The number of nitrogens with one attached hydrogen (secondary N) is 1. The van der Waals surface area contributed by atoms with Gasteiger partial charge in [0.15, 0.2) is 0 Å². The highest BCUT2D eigenvalue weighted by Crippen LogP contribution is 2.45. The molecule has 3 aromatic rings. The topological polar surface area (TPSA) is 90.6 Å². The second-order valence-corrected chi connectivity index (χ2v) is 13.0. The molecule has 10 rings (SSSR count). The lowest BCUT2D eigenvalue weighted by Crippen LogP contribution is -2.63. The summed E-state index contributed by atoms with van der Waals surface area (Å²) in [6.45, 7) is 5.31. The number of aromatic nitrogens is 3. The molecule has 0 radical (unpaired) electrons. The van der Waals surface area contributed by atoms with Gasteiger partial charge in [-0.1, -0.05) is 0 Å². The first-order chi connectivity index (χ1) is 19.1. The number of pyridine rings is 1. The molecular weight excluding hydrogens is 510 g/mol. The molecule has 1 aliphatic carbocycles. The van der Waals surface area contributed by atoms with Gasteiger partial charge in [-0.05, 0) is 80.8 Å². The zero-order valence-corrected chi connectivity index (χ0v) is 22.8. The third-order valence-corrected chi connectivity index (χ3v) is 10.3. The lowest BCUT2D eigenvalue weighted by molar-refractivity contribution is -0.149. The van der Waals surface area contributed by atoms with Gasteiger partial charge in [-0.3, -0.25) is 4.79 Å². The summed E-state index contributed by atoms with van der Waals surface area (Å²) in [7, 11) is 0. The molecule has 9 nitrogen and oxygen atoms in total. The number of nitrogens with zero attached hydrogens (tertiary/aromatic N) is 6. The first-order valence-corrected chi connectivity index (χ1v) is 15.2. The summed E-state index contributed by atoms with van der Waals surface area (Å²) in [6.07, 6.45) is 8.49. The van der Waals surface area contributed by atoms with Crippen LogP contribution in [0, 0.1) is 11.3 Å². The van der Waals surface area contributed by atoms with E-state index >= 15 is 0 Å². The van der Waals surface area contributed by atoms with E-state index in [0.717, 1.165) is 92.0 Å². The lowest BCUT2D eigenvalue weighted by atomic mass is 9.71. The monoisotopic (exact) mass is 543 g/mol. The molecule has 2 aromatic heterocycles. The number of benzene rings is 1. The third kappa shape index (κ3) is 4.33. The summed E-state index contributed by atoms with van der Waals surface area (Å²) in [6, 6.07) is 10.4. The van der Waals surface area contributed by atoms with Crippen molar-refractivity contribution in [1.29, 1.82) is 0 Å². The van der Waals surface area contributed by atoms with E-state index in [9.17, 15) is 4.79 Å². The minimum absolute atomic E-state index is 0.0295. The summed E-state index contributed by atoms with van der Waals surface area (Å²) in [5.41, 5.74) is 4.29. The van der Waals surface area contributed by atoms with Crippen LogP contribution in [0.15, 0.2) is 40.9 Å². The van der Waals surface area contributed by atoms with Gasteiger partial charge in [-0.2, -0.15) is 0 Å². The first kappa shape index (κ1) is 23.6. The Bertz CT molecular complexity index is 1410. The SMILES string of the molecule is O=C1C2CCCN(C2)c2cc(ccn2)-c2nnc(o2)-c2ccc(NSC3CC3)cc2N2CCC3(CC2)CN1C3. The van der Waals surface area contributed by atoms with Gasteiger partial charge in [-0.15, -0.1) is 10.2 Å². The summed E-state index contributed by atoms with van der Waals surface area (Å²) < 4.78 is 9.87. The number of fused-ring (bicyclic) bond motifs is 1. The molecule has 1 unspecified atom stereocenters. The molecule has 4 fully saturated rings. The first-order valence-electron chi connectivity index (χ1n) is 14.3. The zero-order chi connectivity index (χ0) is 26.0. The van der Waals surface area contributed by atoms with E-state index < -0.39 is 0 Å². The van der Waals surface area contributed by atoms with Gasteiger partial charge in [0.1, 0.15) is 5.82 Å². The molecule has 6 aliphatic heterocycles. The Balaban J connectivity index is 1.18. The lowest BCUT2D eigenvalue weighted by Gasteiger charge is -2.55. The van der Waals surface area contributed by atoms with E-state index in [0.29, 0.717) is 24.2 Å². The van der Waals surface area contributed by atoms with Crippen molar-refractivity contribution in [1.82, 2.24) is 20.1 Å². The molecule has 39 heavy (non-hydrogen) atoms. The molecule has 7 aliphatic rings. The van der Waals surface area contributed by atoms with Crippen LogP contribution < -0.4 is 14.5 Å². The van der Waals surface area contributed by atoms with E-state index in [1.807, 2.05) is 24.1 Å². The smallest absolute Gasteiger partial charge is 0.250 e. The van der Waals surface area contributed by atoms with Gasteiger partial charge in [0.2, 0.25) is 17.7 Å². The summed E-state index contributed by atoms with van der Waals surface area (Å²) >= 11 is 1.82. The maximum absolute atomic E-state index is 13.5. The van der Waals surface area contributed by atoms with Crippen LogP contribution in [0.1, 0.15) is 38.5 Å². The van der Waals surface area contributed by atoms with Gasteiger partial charge >= 0.3 is 0 Å². The Morgan fingerprint density at radius 3 is 2.64 bits per heavy atom. The number of carbonyl (C=O) groups excluding carboxylic acids is 1. The molecule has 1 N–H and O–H groups in total. The number of hydrogen-bond donors (Lipinski definition) is 1. The highest BCUT2D eigenvalue weighted by molar-refractivity contribution is 8.01. The predicted octanol–water partition coefficient (Wildman–Crippen LogP) is 4.68. The molecular formula is C29H33N7O2S. The van der Waals surface area contributed by atoms with Crippen LogP contribution in [-0.2, 0) is 4.79 Å². The number of amides is 1. The predicted molar refractivity (Wildman–Crippen MR) is 153 cm³/mol. The Hall–Kier alpha value is -3.27. The number of anilines is 3. The Labute approximate surface area is 232 Å². The van der Waals surface area contributed by atoms with Gasteiger partial charge in [0.25, 0.3) is 0 Å². The van der Waals surface area contributed by atoms with Crippen molar-refractivity contribution < 1.29 is 9.21 Å². The number of rotatable bonds is 3. The van der Waals surface area contributed by atoms with E-state index in [-0.39, 0.29) is 11.3 Å². The number of hydrogen-bond acceptors (Lipinski definition) is 9. The minimum Gasteiger partial charge on any atom is -0.416 e. The van der Waals surface area contributed by atoms with Gasteiger partial charge in [0.05, 0.1) is 17.2 Å². The average Bonchev–Trinajstić information content (AvgIpc) is 3.67. The molecule has 9 bridgehead atoms. The average molecular weight is 544 g/mol. The Morgan fingerprint density at radius 2 is 1.79 bits per heavy atom. The zero-order valence-electron chi connectivity index (χ0n) is 22.0. The number of piperidine rings is 2. The highest BCUT2D eigenvalue weighted by Gasteiger charge is 2.48. The van der Waals surface area contributed by atoms with Crippen LogP contribution in [0.25, 0.3) is 22.9 Å². The van der Waals surface area contributed by atoms with Gasteiger partial charge in [0, 0.05) is 67.4 Å². The van der Waals surface area contributed by atoms with E-state index in [2.05, 4.69) is 52.8 Å². The summed E-state index contributed by atoms with van der Waals surface area (Å²) in [5.74, 6) is 2.24. The molecule has 1 saturated carbocycles. The fraction of sp³-hybridized carbons (Fsp3) is 0.517. The molecule has 1 spiro atoms.